The van der Waals surface area contributed by atoms with Gasteiger partial charge in [-0.1, -0.05) is 12.1 Å². The van der Waals surface area contributed by atoms with E-state index in [0.29, 0.717) is 34.6 Å². The highest BCUT2D eigenvalue weighted by molar-refractivity contribution is 7.93. The van der Waals surface area contributed by atoms with Crippen molar-refractivity contribution in [2.75, 3.05) is 33.1 Å². The Balaban J connectivity index is 1.85. The maximum Gasteiger partial charge on any atom is 0.243 e. The highest BCUT2D eigenvalue weighted by Crippen LogP contribution is 2.38. The molecule has 2 N–H and O–H groups in total. The minimum Gasteiger partial charge on any atom is -0.494 e. The summed E-state index contributed by atoms with van der Waals surface area (Å²) < 4.78 is 47.9. The van der Waals surface area contributed by atoms with Crippen molar-refractivity contribution in [1.82, 2.24) is 35.0 Å². The Kier molecular flexibility index (Phi) is 8.26. The Morgan fingerprint density at radius 3 is 2.15 bits per heavy atom. The normalized spacial score (nSPS) is 13.0. The molecule has 3 heterocycles. The third kappa shape index (κ3) is 5.61. The summed E-state index contributed by atoms with van der Waals surface area (Å²) in [5, 5.41) is 10.5. The number of anilines is 1. The van der Waals surface area contributed by atoms with Crippen LogP contribution in [-0.4, -0.2) is 71.8 Å². The van der Waals surface area contributed by atoms with Crippen molar-refractivity contribution in [1.29, 1.82) is 0 Å². The van der Waals surface area contributed by atoms with Crippen molar-refractivity contribution in [3.8, 4) is 34.6 Å². The van der Waals surface area contributed by atoms with Crippen molar-refractivity contribution in [2.24, 2.45) is 0 Å². The van der Waals surface area contributed by atoms with Crippen LogP contribution >= 0.6 is 0 Å². The van der Waals surface area contributed by atoms with Crippen LogP contribution in [0.3, 0.4) is 0 Å². The van der Waals surface area contributed by atoms with Crippen LogP contribution in [0, 0.1) is 6.92 Å². The molecule has 39 heavy (non-hydrogen) atoms. The topological polar surface area (TPSA) is 155 Å². The molecule has 0 aliphatic carbocycles. The number of pyridine rings is 1. The van der Waals surface area contributed by atoms with Crippen LogP contribution in [0.15, 0.2) is 48.8 Å². The fourth-order valence-electron chi connectivity index (χ4n) is 3.97. The molecule has 13 nitrogen and oxygen atoms in total. The number of rotatable bonds is 11. The second-order valence-corrected chi connectivity index (χ2v) is 10.5. The quantitative estimate of drug-likeness (QED) is 0.281. The van der Waals surface area contributed by atoms with Crippen LogP contribution in [0.4, 0.5) is 5.95 Å². The second-order valence-electron chi connectivity index (χ2n) is 8.50. The predicted molar refractivity (Wildman–Crippen MR) is 145 cm³/mol. The lowest BCUT2D eigenvalue weighted by atomic mass is 10.2. The summed E-state index contributed by atoms with van der Waals surface area (Å²) in [5.41, 5.74) is 1.62. The molecule has 4 rings (SSSR count). The Morgan fingerprint density at radius 2 is 1.56 bits per heavy atom. The molecule has 1 aromatic carbocycles. The van der Waals surface area contributed by atoms with Crippen LogP contribution in [0.25, 0.3) is 17.2 Å². The van der Waals surface area contributed by atoms with E-state index in [1.807, 2.05) is 6.92 Å². The summed E-state index contributed by atoms with van der Waals surface area (Å²) in [7, 11) is 2.06. The molecule has 3 aromatic heterocycles. The van der Waals surface area contributed by atoms with Gasteiger partial charge in [-0.2, -0.15) is 0 Å². The lowest BCUT2D eigenvalue weighted by Crippen LogP contribution is -2.38. The maximum atomic E-state index is 13.7. The summed E-state index contributed by atoms with van der Waals surface area (Å²) in [6.45, 7) is 3.41. The molecule has 0 unspecified atom stereocenters. The molecule has 0 amide bonds. The van der Waals surface area contributed by atoms with Gasteiger partial charge in [-0.05, 0) is 44.7 Å². The van der Waals surface area contributed by atoms with Crippen LogP contribution in [0.5, 0.6) is 17.4 Å². The maximum absolute atomic E-state index is 13.7. The zero-order valence-corrected chi connectivity index (χ0v) is 23.2. The standard InChI is InChI=1S/C25H30N8O5S/c1-15-13-27-23(28-14-15)21(26-3)16(2)39(34,35)32-25-31-30-24(17-9-7-12-20(29-17)38-6)33(25)22-18(36-4)10-8-11-19(22)37-5/h7-14,16,21,26H,1-6H3,(H,31,32)/t16-,21+/m0/s1. The van der Waals surface area contributed by atoms with Gasteiger partial charge in [0.2, 0.25) is 21.9 Å². The molecule has 4 aromatic rings. The third-order valence-electron chi connectivity index (χ3n) is 6.03. The third-order valence-corrected chi connectivity index (χ3v) is 7.75. The minimum absolute atomic E-state index is 0.0936. The Hall–Kier alpha value is -4.30. The van der Waals surface area contributed by atoms with Crippen molar-refractivity contribution < 1.29 is 22.6 Å². The zero-order valence-electron chi connectivity index (χ0n) is 22.4. The summed E-state index contributed by atoms with van der Waals surface area (Å²) in [5.74, 6) is 1.62. The Morgan fingerprint density at radius 1 is 0.923 bits per heavy atom. The summed E-state index contributed by atoms with van der Waals surface area (Å²) in [6.07, 6.45) is 3.27. The van der Waals surface area contributed by atoms with Crippen molar-refractivity contribution in [3.63, 3.8) is 0 Å². The molecular weight excluding hydrogens is 524 g/mol. The molecule has 206 valence electrons. The van der Waals surface area contributed by atoms with Gasteiger partial charge in [0.1, 0.15) is 34.0 Å². The summed E-state index contributed by atoms with van der Waals surface area (Å²) in [4.78, 5) is 13.1. The predicted octanol–water partition coefficient (Wildman–Crippen LogP) is 2.54. The number of para-hydroxylation sites is 1. The van der Waals surface area contributed by atoms with Crippen LogP contribution in [0.1, 0.15) is 24.4 Å². The number of hydrogen-bond acceptors (Lipinski definition) is 11. The number of methoxy groups -OCH3 is 3. The highest BCUT2D eigenvalue weighted by Gasteiger charge is 2.34. The van der Waals surface area contributed by atoms with Crippen LogP contribution in [-0.2, 0) is 10.0 Å². The van der Waals surface area contributed by atoms with E-state index in [9.17, 15) is 8.42 Å². The lowest BCUT2D eigenvalue weighted by molar-refractivity contribution is 0.391. The summed E-state index contributed by atoms with van der Waals surface area (Å²) in [6, 6.07) is 9.60. The monoisotopic (exact) mass is 554 g/mol. The van der Waals surface area contributed by atoms with E-state index in [1.54, 1.807) is 62.8 Å². The first-order valence-electron chi connectivity index (χ1n) is 11.9. The van der Waals surface area contributed by atoms with E-state index in [4.69, 9.17) is 14.2 Å². The smallest absolute Gasteiger partial charge is 0.243 e. The first-order chi connectivity index (χ1) is 18.7. The van der Waals surface area contributed by atoms with Gasteiger partial charge in [-0.15, -0.1) is 10.2 Å². The molecule has 0 aliphatic heterocycles. The molecule has 14 heteroatoms. The Bertz CT molecular complexity index is 1520. The van der Waals surface area contributed by atoms with Crippen LogP contribution in [0.2, 0.25) is 0 Å². The molecule has 0 aliphatic rings. The molecule has 0 saturated carbocycles. The molecule has 2 atom stereocenters. The van der Waals surface area contributed by atoms with Gasteiger partial charge in [-0.25, -0.2) is 23.4 Å². The number of benzene rings is 1. The number of nitrogens with zero attached hydrogens (tertiary/aromatic N) is 6. The number of aromatic nitrogens is 6. The van der Waals surface area contributed by atoms with Crippen molar-refractivity contribution in [2.45, 2.75) is 25.1 Å². The van der Waals surface area contributed by atoms with E-state index in [2.05, 4.69) is 35.2 Å². The van der Waals surface area contributed by atoms with Gasteiger partial charge in [0.05, 0.1) is 27.4 Å². The van der Waals surface area contributed by atoms with Gasteiger partial charge in [0.15, 0.2) is 5.82 Å². The van der Waals surface area contributed by atoms with E-state index < -0.39 is 21.3 Å². The first kappa shape index (κ1) is 27.7. The molecular formula is C25H30N8O5S. The largest absolute Gasteiger partial charge is 0.494 e. The number of aryl methyl sites for hydroxylation is 1. The number of sulfonamides is 1. The Labute approximate surface area is 226 Å². The fourth-order valence-corrected chi connectivity index (χ4v) is 5.16. The average molecular weight is 555 g/mol. The van der Waals surface area contributed by atoms with Crippen LogP contribution < -0.4 is 24.2 Å². The molecule has 0 bridgehead atoms. The van der Waals surface area contributed by atoms with Gasteiger partial charge >= 0.3 is 0 Å². The van der Waals surface area contributed by atoms with Gasteiger partial charge < -0.3 is 19.5 Å². The lowest BCUT2D eigenvalue weighted by Gasteiger charge is -2.23. The second kappa shape index (κ2) is 11.6. The van der Waals surface area contributed by atoms with Gasteiger partial charge in [0.25, 0.3) is 0 Å². The average Bonchev–Trinajstić information content (AvgIpc) is 3.35. The molecule has 0 fully saturated rings. The van der Waals surface area contributed by atoms with E-state index in [-0.39, 0.29) is 11.8 Å². The number of hydrogen-bond donors (Lipinski definition) is 2. The zero-order chi connectivity index (χ0) is 28.2. The van der Waals surface area contributed by atoms with Crippen molar-refractivity contribution >= 4 is 16.0 Å². The minimum atomic E-state index is -4.08. The van der Waals surface area contributed by atoms with Gasteiger partial charge in [-0.3, -0.25) is 9.29 Å². The SMILES string of the molecule is CN[C@@H](c1ncc(C)cn1)[C@H](C)S(=O)(=O)Nc1nnc(-c2cccc(OC)n2)n1-c1c(OC)cccc1OC. The molecule has 0 radical (unpaired) electrons. The molecule has 0 saturated heterocycles. The first-order valence-corrected chi connectivity index (χ1v) is 13.4. The molecule has 0 spiro atoms. The van der Waals surface area contributed by atoms with Gasteiger partial charge in [0, 0.05) is 18.5 Å². The van der Waals surface area contributed by atoms with E-state index in [0.717, 1.165) is 5.56 Å². The number of nitrogens with one attached hydrogen (secondary N) is 2. The number of ether oxygens (including phenoxy) is 3. The van der Waals surface area contributed by atoms with E-state index >= 15 is 0 Å². The fraction of sp³-hybridized carbons (Fsp3) is 0.320. The van der Waals surface area contributed by atoms with Crippen molar-refractivity contribution in [3.05, 3.63) is 60.2 Å². The van der Waals surface area contributed by atoms with E-state index in [1.165, 1.54) is 25.9 Å². The summed E-state index contributed by atoms with van der Waals surface area (Å²) >= 11 is 0. The highest BCUT2D eigenvalue weighted by atomic mass is 32.2.